The molecule has 1 aromatic carbocycles. The number of carbonyl (C=O) groups excluding carboxylic acids is 1. The maximum atomic E-state index is 13.5. The van der Waals surface area contributed by atoms with E-state index >= 15 is 0 Å². The predicted molar refractivity (Wildman–Crippen MR) is 68.8 cm³/mol. The Hall–Kier alpha value is -2.14. The van der Waals surface area contributed by atoms with Crippen LogP contribution in [0.15, 0.2) is 0 Å². The Morgan fingerprint density at radius 1 is 1.04 bits per heavy atom. The average Bonchev–Trinajstić information content (AvgIpc) is 2.62. The van der Waals surface area contributed by atoms with Crippen molar-refractivity contribution in [3.63, 3.8) is 0 Å². The highest BCUT2D eigenvalue weighted by atomic mass is 19.2. The van der Waals surface area contributed by atoms with Gasteiger partial charge in [0, 0.05) is 0 Å². The van der Waals surface area contributed by atoms with E-state index in [-0.39, 0.29) is 19.8 Å². The summed E-state index contributed by atoms with van der Waals surface area (Å²) in [7, 11) is 0. The molecular weight excluding hydrogens is 359 g/mol. The summed E-state index contributed by atoms with van der Waals surface area (Å²) in [6.45, 7) is -1.21. The number of cyclic esters (lactones) is 2. The summed E-state index contributed by atoms with van der Waals surface area (Å²) in [5, 5.41) is 9.53. The topological polar surface area (TPSA) is 74.2 Å². The van der Waals surface area contributed by atoms with E-state index < -0.39 is 52.9 Å². The van der Waals surface area contributed by atoms with Gasteiger partial charge in [-0.05, 0) is 6.42 Å². The number of halogens is 5. The largest absolute Gasteiger partial charge is 0.508 e. The monoisotopic (exact) mass is 372 g/mol. The van der Waals surface area contributed by atoms with Gasteiger partial charge in [0.25, 0.3) is 0 Å². The summed E-state index contributed by atoms with van der Waals surface area (Å²) < 4.78 is 84.4. The molecule has 0 spiro atoms. The molecule has 1 atom stereocenters. The second-order valence-corrected chi connectivity index (χ2v) is 5.32. The highest BCUT2D eigenvalue weighted by Gasteiger charge is 2.38. The fourth-order valence-electron chi connectivity index (χ4n) is 1.97. The zero-order valence-corrected chi connectivity index (χ0v) is 12.8. The zero-order valence-electron chi connectivity index (χ0n) is 12.8. The smallest absolute Gasteiger partial charge is 0.435 e. The molecule has 1 unspecified atom stereocenters. The lowest BCUT2D eigenvalue weighted by Crippen LogP contribution is -2.43. The van der Waals surface area contributed by atoms with Gasteiger partial charge in [-0.15, -0.1) is 0 Å². The highest BCUT2D eigenvalue weighted by Crippen LogP contribution is 2.31. The van der Waals surface area contributed by atoms with Crippen molar-refractivity contribution in [3.05, 3.63) is 29.1 Å². The van der Waals surface area contributed by atoms with Crippen LogP contribution >= 0.6 is 0 Å². The lowest BCUT2D eigenvalue weighted by atomic mass is 9.87. The van der Waals surface area contributed by atoms with Crippen LogP contribution < -0.4 is 4.74 Å². The molecule has 1 saturated heterocycles. The van der Waals surface area contributed by atoms with Crippen molar-refractivity contribution < 1.29 is 50.8 Å². The minimum Gasteiger partial charge on any atom is -0.435 e. The van der Waals surface area contributed by atoms with Crippen LogP contribution in [0, 0.1) is 34.5 Å². The van der Waals surface area contributed by atoms with E-state index in [9.17, 15) is 31.9 Å². The summed E-state index contributed by atoms with van der Waals surface area (Å²) in [6.07, 6.45) is -0.516. The Morgan fingerprint density at radius 3 is 2.00 bits per heavy atom. The first-order chi connectivity index (χ1) is 11.7. The molecule has 0 aromatic heterocycles. The summed E-state index contributed by atoms with van der Waals surface area (Å²) in [5.41, 5.74) is -0.866. The molecule has 140 valence electrons. The molecule has 1 N–H and O–H groups in total. The van der Waals surface area contributed by atoms with E-state index in [4.69, 9.17) is 14.2 Å². The van der Waals surface area contributed by atoms with Crippen LogP contribution in [-0.4, -0.2) is 37.6 Å². The van der Waals surface area contributed by atoms with Crippen LogP contribution in [0.3, 0.4) is 0 Å². The van der Waals surface area contributed by atoms with E-state index in [0.29, 0.717) is 6.42 Å². The van der Waals surface area contributed by atoms with Crippen LogP contribution in [0.2, 0.25) is 0 Å². The Bertz CT molecular complexity index is 629. The third-order valence-electron chi connectivity index (χ3n) is 3.66. The first-order valence-electron chi connectivity index (χ1n) is 6.98. The molecule has 1 aliphatic rings. The second-order valence-electron chi connectivity index (χ2n) is 5.32. The molecule has 0 bridgehead atoms. The van der Waals surface area contributed by atoms with Crippen LogP contribution in [0.1, 0.15) is 13.3 Å². The summed E-state index contributed by atoms with van der Waals surface area (Å²) in [5.74, 6) is -13.0. The maximum absolute atomic E-state index is 13.5. The Kier molecular flexibility index (Phi) is 5.68. The second kappa shape index (κ2) is 7.40. The Balaban J connectivity index is 2.06. The van der Waals surface area contributed by atoms with Crippen LogP contribution in [0.5, 0.6) is 5.75 Å². The van der Waals surface area contributed by atoms with Gasteiger partial charge in [-0.3, -0.25) is 0 Å². The van der Waals surface area contributed by atoms with Crippen LogP contribution in [0.4, 0.5) is 26.7 Å². The molecule has 11 heteroatoms. The standard InChI is InChI=1S/C14H13F5O6/c1-2-14(3-22-12(20)23-4-14)5-24-13(21)25-11-9(18)7(16)6(15)8(17)10(11)19/h13,21H,2-5H2,1H3. The molecule has 0 aliphatic carbocycles. The van der Waals surface area contributed by atoms with E-state index in [2.05, 4.69) is 4.74 Å². The average molecular weight is 372 g/mol. The van der Waals surface area contributed by atoms with E-state index in [0.717, 1.165) is 0 Å². The first-order valence-corrected chi connectivity index (χ1v) is 6.98. The fourth-order valence-corrected chi connectivity index (χ4v) is 1.97. The number of hydrogen-bond acceptors (Lipinski definition) is 6. The quantitative estimate of drug-likeness (QED) is 0.272. The maximum Gasteiger partial charge on any atom is 0.508 e. The first kappa shape index (κ1) is 19.2. The number of carbonyl (C=O) groups is 1. The van der Waals surface area contributed by atoms with Crippen molar-refractivity contribution in [2.75, 3.05) is 19.8 Å². The molecule has 0 amide bonds. The molecule has 6 nitrogen and oxygen atoms in total. The van der Waals surface area contributed by atoms with Gasteiger partial charge in [0.15, 0.2) is 0 Å². The molecule has 0 radical (unpaired) electrons. The lowest BCUT2D eigenvalue weighted by Gasteiger charge is -2.34. The SMILES string of the molecule is CCC1(COC(O)Oc2c(F)c(F)c(F)c(F)c2F)COC(=O)OC1. The van der Waals surface area contributed by atoms with Crippen molar-refractivity contribution >= 4 is 6.16 Å². The molecule has 2 rings (SSSR count). The lowest BCUT2D eigenvalue weighted by molar-refractivity contribution is -0.241. The predicted octanol–water partition coefficient (Wildman–Crippen LogP) is 2.62. The third-order valence-corrected chi connectivity index (χ3v) is 3.66. The Labute approximate surface area is 138 Å². The van der Waals surface area contributed by atoms with E-state index in [1.807, 2.05) is 0 Å². The van der Waals surface area contributed by atoms with E-state index in [1.165, 1.54) is 0 Å². The number of aliphatic hydroxyl groups excluding tert-OH is 1. The van der Waals surface area contributed by atoms with Crippen LogP contribution in [0.25, 0.3) is 0 Å². The molecule has 1 aromatic rings. The third kappa shape index (κ3) is 3.93. The van der Waals surface area contributed by atoms with Crippen molar-refractivity contribution in [1.29, 1.82) is 0 Å². The van der Waals surface area contributed by atoms with Gasteiger partial charge in [0.05, 0.1) is 12.0 Å². The van der Waals surface area contributed by atoms with E-state index in [1.54, 1.807) is 6.92 Å². The zero-order chi connectivity index (χ0) is 18.8. The van der Waals surface area contributed by atoms with Gasteiger partial charge in [-0.1, -0.05) is 6.92 Å². The Morgan fingerprint density at radius 2 is 1.52 bits per heavy atom. The number of rotatable bonds is 6. The van der Waals surface area contributed by atoms with Gasteiger partial charge < -0.3 is 24.1 Å². The van der Waals surface area contributed by atoms with Crippen molar-refractivity contribution in [3.8, 4) is 5.75 Å². The minimum atomic E-state index is -2.36. The molecule has 1 heterocycles. The molecule has 1 aliphatic heterocycles. The van der Waals surface area contributed by atoms with Gasteiger partial charge in [0.1, 0.15) is 13.2 Å². The van der Waals surface area contributed by atoms with Crippen molar-refractivity contribution in [2.24, 2.45) is 5.41 Å². The minimum absolute atomic E-state index is 0.114. The van der Waals surface area contributed by atoms with Crippen LogP contribution in [-0.2, 0) is 14.2 Å². The highest BCUT2D eigenvalue weighted by molar-refractivity contribution is 5.60. The van der Waals surface area contributed by atoms with Gasteiger partial charge >= 0.3 is 12.6 Å². The number of benzene rings is 1. The van der Waals surface area contributed by atoms with Crippen molar-refractivity contribution in [1.82, 2.24) is 0 Å². The summed E-state index contributed by atoms with van der Waals surface area (Å²) in [4.78, 5) is 10.9. The fraction of sp³-hybridized carbons (Fsp3) is 0.500. The number of hydrogen-bond donors (Lipinski definition) is 1. The van der Waals surface area contributed by atoms with Gasteiger partial charge in [-0.2, -0.15) is 8.78 Å². The molecule has 0 saturated carbocycles. The number of ether oxygens (including phenoxy) is 4. The molecule has 25 heavy (non-hydrogen) atoms. The van der Waals surface area contributed by atoms with Gasteiger partial charge in [0.2, 0.25) is 34.8 Å². The number of aliphatic hydroxyl groups is 1. The summed E-state index contributed by atoms with van der Waals surface area (Å²) >= 11 is 0. The van der Waals surface area contributed by atoms with Gasteiger partial charge in [-0.25, -0.2) is 18.0 Å². The van der Waals surface area contributed by atoms with Crippen molar-refractivity contribution in [2.45, 2.75) is 19.8 Å². The normalized spacial score (nSPS) is 17.6. The summed E-state index contributed by atoms with van der Waals surface area (Å²) in [6, 6.07) is 0. The molecular formula is C14H13F5O6. The molecule has 1 fully saturated rings.